The molecule has 1 aliphatic rings. The van der Waals surface area contributed by atoms with Gasteiger partial charge in [0, 0.05) is 17.7 Å². The Labute approximate surface area is 140 Å². The second-order valence-electron chi connectivity index (χ2n) is 5.93. The summed E-state index contributed by atoms with van der Waals surface area (Å²) in [6.07, 6.45) is 2.44. The standard InChI is InChI=1S/C19H19NO4/c21-18(14-5-3-6-15(10-14)19(22)23)20-11-16-4-1-2-7-17(16)24-12-13-8-9-13/h1-7,10,13H,8-9,11-12H2,(H,20,21)(H,22,23). The molecule has 0 atom stereocenters. The fourth-order valence-electron chi connectivity index (χ4n) is 2.35. The van der Waals surface area contributed by atoms with Crippen LogP contribution in [0.25, 0.3) is 0 Å². The van der Waals surface area contributed by atoms with Gasteiger partial charge in [0.05, 0.1) is 12.2 Å². The van der Waals surface area contributed by atoms with Crippen molar-refractivity contribution in [2.45, 2.75) is 19.4 Å². The minimum atomic E-state index is -1.05. The normalized spacial score (nSPS) is 13.3. The van der Waals surface area contributed by atoms with E-state index in [0.717, 1.165) is 11.3 Å². The Morgan fingerprint density at radius 1 is 1.08 bits per heavy atom. The number of hydrogen-bond acceptors (Lipinski definition) is 3. The number of aromatic carboxylic acids is 1. The summed E-state index contributed by atoms with van der Waals surface area (Å²) in [5.41, 5.74) is 1.32. The van der Waals surface area contributed by atoms with Crippen molar-refractivity contribution in [3.8, 4) is 5.75 Å². The minimum Gasteiger partial charge on any atom is -0.493 e. The Kier molecular flexibility index (Phi) is 4.79. The third-order valence-electron chi connectivity index (χ3n) is 3.96. The van der Waals surface area contributed by atoms with E-state index in [1.165, 1.54) is 25.0 Å². The van der Waals surface area contributed by atoms with Crippen molar-refractivity contribution < 1.29 is 19.4 Å². The summed E-state index contributed by atoms with van der Waals surface area (Å²) in [5, 5.41) is 11.8. The van der Waals surface area contributed by atoms with E-state index in [1.807, 2.05) is 24.3 Å². The summed E-state index contributed by atoms with van der Waals surface area (Å²) in [4.78, 5) is 23.2. The molecule has 0 radical (unpaired) electrons. The number of benzene rings is 2. The van der Waals surface area contributed by atoms with E-state index in [2.05, 4.69) is 5.32 Å². The molecule has 1 aliphatic carbocycles. The smallest absolute Gasteiger partial charge is 0.335 e. The first-order valence-electron chi connectivity index (χ1n) is 7.96. The summed E-state index contributed by atoms with van der Waals surface area (Å²) >= 11 is 0. The summed E-state index contributed by atoms with van der Waals surface area (Å²) < 4.78 is 5.82. The van der Waals surface area contributed by atoms with Crippen LogP contribution in [0.2, 0.25) is 0 Å². The number of carbonyl (C=O) groups is 2. The van der Waals surface area contributed by atoms with Gasteiger partial charge in [0.25, 0.3) is 5.91 Å². The van der Waals surface area contributed by atoms with Crippen molar-refractivity contribution in [3.05, 3.63) is 65.2 Å². The molecule has 124 valence electrons. The maximum atomic E-state index is 12.2. The monoisotopic (exact) mass is 325 g/mol. The molecule has 0 aromatic heterocycles. The number of carbonyl (C=O) groups excluding carboxylic acids is 1. The summed E-state index contributed by atoms with van der Waals surface area (Å²) in [5.74, 6) is 0.0777. The topological polar surface area (TPSA) is 75.6 Å². The summed E-state index contributed by atoms with van der Waals surface area (Å²) in [6, 6.07) is 13.6. The number of carboxylic acid groups (broad SMARTS) is 1. The van der Waals surface area contributed by atoms with Crippen LogP contribution in [0.4, 0.5) is 0 Å². The van der Waals surface area contributed by atoms with Gasteiger partial charge in [-0.1, -0.05) is 24.3 Å². The molecular formula is C19H19NO4. The van der Waals surface area contributed by atoms with Crippen LogP contribution < -0.4 is 10.1 Å². The zero-order chi connectivity index (χ0) is 16.9. The van der Waals surface area contributed by atoms with Gasteiger partial charge in [0.15, 0.2) is 0 Å². The Morgan fingerprint density at radius 2 is 1.83 bits per heavy atom. The molecule has 0 spiro atoms. The molecule has 5 nitrogen and oxygen atoms in total. The number of rotatable bonds is 7. The molecule has 5 heteroatoms. The predicted octanol–water partition coefficient (Wildman–Crippen LogP) is 3.10. The number of ether oxygens (including phenoxy) is 1. The zero-order valence-electron chi connectivity index (χ0n) is 13.2. The number of nitrogens with one attached hydrogen (secondary N) is 1. The molecule has 2 N–H and O–H groups in total. The molecule has 2 aromatic carbocycles. The first-order chi connectivity index (χ1) is 11.6. The lowest BCUT2D eigenvalue weighted by Gasteiger charge is -2.12. The van der Waals surface area contributed by atoms with Gasteiger partial charge in [0.1, 0.15) is 5.75 Å². The number of carboxylic acids is 1. The van der Waals surface area contributed by atoms with Crippen LogP contribution in [0.15, 0.2) is 48.5 Å². The highest BCUT2D eigenvalue weighted by molar-refractivity contribution is 5.97. The van der Waals surface area contributed by atoms with Crippen LogP contribution >= 0.6 is 0 Å². The molecule has 1 amide bonds. The van der Waals surface area contributed by atoms with Gasteiger partial charge < -0.3 is 15.2 Å². The van der Waals surface area contributed by atoms with Crippen molar-refractivity contribution in [3.63, 3.8) is 0 Å². The van der Waals surface area contributed by atoms with Crippen LogP contribution in [-0.2, 0) is 6.54 Å². The molecule has 0 bridgehead atoms. The summed E-state index contributed by atoms with van der Waals surface area (Å²) in [7, 11) is 0. The van der Waals surface area contributed by atoms with Crippen LogP contribution in [0.5, 0.6) is 5.75 Å². The van der Waals surface area contributed by atoms with E-state index in [-0.39, 0.29) is 11.5 Å². The molecular weight excluding hydrogens is 306 g/mol. The molecule has 1 fully saturated rings. The average molecular weight is 325 g/mol. The highest BCUT2D eigenvalue weighted by Gasteiger charge is 2.22. The van der Waals surface area contributed by atoms with Crippen LogP contribution in [-0.4, -0.2) is 23.6 Å². The lowest BCUT2D eigenvalue weighted by molar-refractivity contribution is 0.0697. The molecule has 0 aliphatic heterocycles. The third-order valence-corrected chi connectivity index (χ3v) is 3.96. The molecule has 2 aromatic rings. The van der Waals surface area contributed by atoms with E-state index < -0.39 is 5.97 Å². The fraction of sp³-hybridized carbons (Fsp3) is 0.263. The fourth-order valence-corrected chi connectivity index (χ4v) is 2.35. The van der Waals surface area contributed by atoms with Gasteiger partial charge in [-0.25, -0.2) is 4.79 Å². The predicted molar refractivity (Wildman–Crippen MR) is 89.2 cm³/mol. The summed E-state index contributed by atoms with van der Waals surface area (Å²) in [6.45, 7) is 1.04. The first-order valence-corrected chi connectivity index (χ1v) is 7.96. The second-order valence-corrected chi connectivity index (χ2v) is 5.93. The van der Waals surface area contributed by atoms with Gasteiger partial charge in [-0.05, 0) is 43.0 Å². The minimum absolute atomic E-state index is 0.0933. The molecule has 3 rings (SSSR count). The lowest BCUT2D eigenvalue weighted by Crippen LogP contribution is -2.23. The molecule has 0 saturated heterocycles. The maximum absolute atomic E-state index is 12.2. The highest BCUT2D eigenvalue weighted by Crippen LogP contribution is 2.30. The van der Waals surface area contributed by atoms with Crippen molar-refractivity contribution in [1.29, 1.82) is 0 Å². The number of amides is 1. The van der Waals surface area contributed by atoms with E-state index >= 15 is 0 Å². The highest BCUT2D eigenvalue weighted by atomic mass is 16.5. The molecule has 0 unspecified atom stereocenters. The van der Waals surface area contributed by atoms with Crippen molar-refractivity contribution >= 4 is 11.9 Å². The lowest BCUT2D eigenvalue weighted by atomic mass is 10.1. The zero-order valence-corrected chi connectivity index (χ0v) is 13.2. The molecule has 0 heterocycles. The van der Waals surface area contributed by atoms with Crippen LogP contribution in [0, 0.1) is 5.92 Å². The van der Waals surface area contributed by atoms with Crippen molar-refractivity contribution in [2.75, 3.05) is 6.61 Å². The molecule has 1 saturated carbocycles. The van der Waals surface area contributed by atoms with E-state index in [1.54, 1.807) is 12.1 Å². The van der Waals surface area contributed by atoms with Crippen molar-refractivity contribution in [1.82, 2.24) is 5.32 Å². The number of para-hydroxylation sites is 1. The first kappa shape index (κ1) is 16.1. The maximum Gasteiger partial charge on any atom is 0.335 e. The van der Waals surface area contributed by atoms with Gasteiger partial charge in [-0.15, -0.1) is 0 Å². The van der Waals surface area contributed by atoms with Crippen LogP contribution in [0.1, 0.15) is 39.1 Å². The van der Waals surface area contributed by atoms with Crippen LogP contribution in [0.3, 0.4) is 0 Å². The average Bonchev–Trinajstić information content (AvgIpc) is 3.43. The van der Waals surface area contributed by atoms with Gasteiger partial charge in [0.2, 0.25) is 0 Å². The number of hydrogen-bond donors (Lipinski definition) is 2. The Bertz CT molecular complexity index is 753. The quantitative estimate of drug-likeness (QED) is 0.820. The van der Waals surface area contributed by atoms with E-state index in [9.17, 15) is 9.59 Å². The van der Waals surface area contributed by atoms with Gasteiger partial charge in [-0.2, -0.15) is 0 Å². The molecule has 24 heavy (non-hydrogen) atoms. The Balaban J connectivity index is 1.63. The largest absolute Gasteiger partial charge is 0.493 e. The van der Waals surface area contributed by atoms with E-state index in [0.29, 0.717) is 24.6 Å². The Hall–Kier alpha value is -2.82. The van der Waals surface area contributed by atoms with Gasteiger partial charge >= 0.3 is 5.97 Å². The van der Waals surface area contributed by atoms with Crippen molar-refractivity contribution in [2.24, 2.45) is 5.92 Å². The van der Waals surface area contributed by atoms with Gasteiger partial charge in [-0.3, -0.25) is 4.79 Å². The Morgan fingerprint density at radius 3 is 2.58 bits per heavy atom. The second kappa shape index (κ2) is 7.17. The third kappa shape index (κ3) is 4.13. The van der Waals surface area contributed by atoms with E-state index in [4.69, 9.17) is 9.84 Å². The SMILES string of the molecule is O=C(O)c1cccc(C(=O)NCc2ccccc2OCC2CC2)c1.